The van der Waals surface area contributed by atoms with Crippen molar-refractivity contribution in [2.24, 2.45) is 7.05 Å². The van der Waals surface area contributed by atoms with Crippen molar-refractivity contribution in [2.45, 2.75) is 13.8 Å². The number of aryl methyl sites for hydroxylation is 2. The van der Waals surface area contributed by atoms with E-state index in [-0.39, 0.29) is 22.8 Å². The molecule has 0 saturated carbocycles. The van der Waals surface area contributed by atoms with Gasteiger partial charge in [-0.3, -0.25) is 24.4 Å². The summed E-state index contributed by atoms with van der Waals surface area (Å²) in [6.45, 7) is 3.19. The molecule has 9 nitrogen and oxygen atoms in total. The van der Waals surface area contributed by atoms with Crippen LogP contribution in [0.4, 0.5) is 11.4 Å². The van der Waals surface area contributed by atoms with Crippen molar-refractivity contribution in [1.82, 2.24) is 15.1 Å². The predicted octanol–water partition coefficient (Wildman–Crippen LogP) is 1.97. The van der Waals surface area contributed by atoms with Crippen molar-refractivity contribution in [3.8, 4) is 0 Å². The molecule has 132 valence electrons. The number of hydrogen-bond acceptors (Lipinski definition) is 5. The number of nitrogens with one attached hydrogen (secondary N) is 2. The van der Waals surface area contributed by atoms with Gasteiger partial charge < -0.3 is 10.6 Å². The van der Waals surface area contributed by atoms with Crippen molar-refractivity contribution in [1.29, 1.82) is 0 Å². The highest BCUT2D eigenvalue weighted by atomic mass is 35.5. The van der Waals surface area contributed by atoms with E-state index in [1.54, 1.807) is 25.6 Å². The van der Waals surface area contributed by atoms with E-state index in [9.17, 15) is 19.7 Å². The second-order valence-electron chi connectivity index (χ2n) is 5.32. The predicted molar refractivity (Wildman–Crippen MR) is 91.8 cm³/mol. The number of aromatic nitrogens is 2. The number of carbonyl (C=O) groups is 2. The van der Waals surface area contributed by atoms with Crippen LogP contribution in [0.5, 0.6) is 0 Å². The van der Waals surface area contributed by atoms with Crippen molar-refractivity contribution < 1.29 is 14.5 Å². The van der Waals surface area contributed by atoms with Gasteiger partial charge in [-0.15, -0.1) is 0 Å². The van der Waals surface area contributed by atoms with E-state index >= 15 is 0 Å². The summed E-state index contributed by atoms with van der Waals surface area (Å²) in [4.78, 5) is 34.5. The van der Waals surface area contributed by atoms with Gasteiger partial charge in [0, 0.05) is 18.1 Å². The maximum atomic E-state index is 12.1. The standard InChI is InChI=1S/C15H16ClN5O4/c1-8-14(9(2)20(3)19-8)18-13(22)7-17-15(23)11-6-10(16)4-5-12(11)21(24)25/h4-6H,7H2,1-3H3,(H,17,23)(H,18,22). The Balaban J connectivity index is 2.06. The molecule has 25 heavy (non-hydrogen) atoms. The average Bonchev–Trinajstić information content (AvgIpc) is 2.78. The fourth-order valence-corrected chi connectivity index (χ4v) is 2.42. The van der Waals surface area contributed by atoms with E-state index < -0.39 is 16.7 Å². The Bertz CT molecular complexity index is 862. The minimum absolute atomic E-state index is 0.182. The zero-order valence-electron chi connectivity index (χ0n) is 13.8. The van der Waals surface area contributed by atoms with Gasteiger partial charge in [0.1, 0.15) is 5.56 Å². The fourth-order valence-electron chi connectivity index (χ4n) is 2.24. The van der Waals surface area contributed by atoms with Crippen molar-refractivity contribution in [3.63, 3.8) is 0 Å². The Kier molecular flexibility index (Phi) is 5.38. The number of nitro benzene ring substituents is 1. The second kappa shape index (κ2) is 7.31. The SMILES string of the molecule is Cc1nn(C)c(C)c1NC(=O)CNC(=O)c1cc(Cl)ccc1[N+](=O)[O-]. The Hall–Kier alpha value is -2.94. The van der Waals surface area contributed by atoms with Gasteiger partial charge in [0.25, 0.3) is 11.6 Å². The van der Waals surface area contributed by atoms with Gasteiger partial charge in [0.15, 0.2) is 0 Å². The van der Waals surface area contributed by atoms with Crippen molar-refractivity contribution >= 4 is 34.8 Å². The molecule has 2 amide bonds. The number of halogens is 1. The maximum Gasteiger partial charge on any atom is 0.282 e. The lowest BCUT2D eigenvalue weighted by Gasteiger charge is -2.08. The first-order valence-corrected chi connectivity index (χ1v) is 7.60. The Morgan fingerprint density at radius 2 is 2.04 bits per heavy atom. The lowest BCUT2D eigenvalue weighted by molar-refractivity contribution is -0.385. The number of nitrogens with zero attached hydrogens (tertiary/aromatic N) is 3. The zero-order valence-corrected chi connectivity index (χ0v) is 14.5. The molecule has 10 heteroatoms. The van der Waals surface area contributed by atoms with Gasteiger partial charge in [-0.1, -0.05) is 11.6 Å². The molecule has 0 unspecified atom stereocenters. The van der Waals surface area contributed by atoms with Crippen molar-refractivity contribution in [2.75, 3.05) is 11.9 Å². The summed E-state index contributed by atoms with van der Waals surface area (Å²) in [6, 6.07) is 3.64. The minimum atomic E-state index is -0.760. The first-order chi connectivity index (χ1) is 11.7. The minimum Gasteiger partial charge on any atom is -0.343 e. The highest BCUT2D eigenvalue weighted by Gasteiger charge is 2.21. The molecule has 2 rings (SSSR count). The normalized spacial score (nSPS) is 10.4. The quantitative estimate of drug-likeness (QED) is 0.620. The number of benzene rings is 1. The number of rotatable bonds is 5. The molecule has 0 saturated heterocycles. The number of amides is 2. The summed E-state index contributed by atoms with van der Waals surface area (Å²) in [7, 11) is 1.75. The number of hydrogen-bond donors (Lipinski definition) is 2. The molecule has 1 aromatic heterocycles. The van der Waals surface area contributed by atoms with Crippen LogP contribution in [0.3, 0.4) is 0 Å². The smallest absolute Gasteiger partial charge is 0.282 e. The Morgan fingerprint density at radius 1 is 1.36 bits per heavy atom. The Morgan fingerprint density at radius 3 is 2.60 bits per heavy atom. The molecule has 2 aromatic rings. The highest BCUT2D eigenvalue weighted by Crippen LogP contribution is 2.22. The summed E-state index contributed by atoms with van der Waals surface area (Å²) < 4.78 is 1.62. The second-order valence-corrected chi connectivity index (χ2v) is 5.76. The molecule has 2 N–H and O–H groups in total. The van der Waals surface area contributed by atoms with E-state index in [1.165, 1.54) is 12.1 Å². The summed E-state index contributed by atoms with van der Waals surface area (Å²) in [5.74, 6) is -1.23. The van der Waals surface area contributed by atoms with Crippen LogP contribution in [-0.4, -0.2) is 33.1 Å². The molecule has 0 bridgehead atoms. The molecule has 1 aromatic carbocycles. The lowest BCUT2D eigenvalue weighted by Crippen LogP contribution is -2.33. The maximum absolute atomic E-state index is 12.1. The largest absolute Gasteiger partial charge is 0.343 e. The third kappa shape index (κ3) is 4.13. The first kappa shape index (κ1) is 18.4. The van der Waals surface area contributed by atoms with Crippen LogP contribution < -0.4 is 10.6 Å². The number of anilines is 1. The van der Waals surface area contributed by atoms with E-state index in [2.05, 4.69) is 15.7 Å². The lowest BCUT2D eigenvalue weighted by atomic mass is 10.1. The molecule has 1 heterocycles. The van der Waals surface area contributed by atoms with E-state index in [0.29, 0.717) is 11.4 Å². The monoisotopic (exact) mass is 365 g/mol. The summed E-state index contributed by atoms with van der Waals surface area (Å²) in [5.41, 5.74) is 1.38. The molecule has 0 atom stereocenters. The first-order valence-electron chi connectivity index (χ1n) is 7.23. The van der Waals surface area contributed by atoms with Crippen LogP contribution in [0.1, 0.15) is 21.7 Å². The van der Waals surface area contributed by atoms with Crippen LogP contribution in [0.2, 0.25) is 5.02 Å². The van der Waals surface area contributed by atoms with Gasteiger partial charge in [-0.2, -0.15) is 5.10 Å². The fraction of sp³-hybridized carbons (Fsp3) is 0.267. The zero-order chi connectivity index (χ0) is 18.7. The summed E-state index contributed by atoms with van der Waals surface area (Å²) >= 11 is 5.78. The molecule has 0 spiro atoms. The third-order valence-electron chi connectivity index (χ3n) is 3.58. The summed E-state index contributed by atoms with van der Waals surface area (Å²) in [6.07, 6.45) is 0. The average molecular weight is 366 g/mol. The number of nitro groups is 1. The van der Waals surface area contributed by atoms with Crippen LogP contribution in [0.25, 0.3) is 0 Å². The van der Waals surface area contributed by atoms with E-state index in [4.69, 9.17) is 11.6 Å². The molecule has 0 fully saturated rings. The van der Waals surface area contributed by atoms with Gasteiger partial charge in [0.2, 0.25) is 5.91 Å². The molecular formula is C15H16ClN5O4. The van der Waals surface area contributed by atoms with Crippen LogP contribution in [-0.2, 0) is 11.8 Å². The molecular weight excluding hydrogens is 350 g/mol. The van der Waals surface area contributed by atoms with E-state index in [0.717, 1.165) is 11.8 Å². The van der Waals surface area contributed by atoms with E-state index in [1.807, 2.05) is 0 Å². The van der Waals surface area contributed by atoms with Crippen molar-refractivity contribution in [3.05, 3.63) is 50.3 Å². The number of carbonyl (C=O) groups excluding carboxylic acids is 2. The molecule has 0 aliphatic rings. The highest BCUT2D eigenvalue weighted by molar-refractivity contribution is 6.31. The van der Waals surface area contributed by atoms with Crippen LogP contribution in [0, 0.1) is 24.0 Å². The molecule has 0 aliphatic heterocycles. The van der Waals surface area contributed by atoms with Gasteiger partial charge >= 0.3 is 0 Å². The summed E-state index contributed by atoms with van der Waals surface area (Å²) in [5, 5.41) is 20.3. The van der Waals surface area contributed by atoms with Crippen LogP contribution in [0.15, 0.2) is 18.2 Å². The Labute approximate surface area is 148 Å². The van der Waals surface area contributed by atoms with Gasteiger partial charge in [-0.25, -0.2) is 0 Å². The molecule has 0 radical (unpaired) electrons. The third-order valence-corrected chi connectivity index (χ3v) is 3.82. The van der Waals surface area contributed by atoms with Gasteiger partial charge in [-0.05, 0) is 26.0 Å². The topological polar surface area (TPSA) is 119 Å². The molecule has 0 aliphatic carbocycles. The van der Waals surface area contributed by atoms with Crippen LogP contribution >= 0.6 is 11.6 Å². The van der Waals surface area contributed by atoms with Gasteiger partial charge in [0.05, 0.1) is 28.5 Å².